The molecular formula is C24H30ClN3O4S. The second-order valence-electron chi connectivity index (χ2n) is 8.20. The van der Waals surface area contributed by atoms with Crippen LogP contribution in [0.2, 0.25) is 5.02 Å². The van der Waals surface area contributed by atoms with Crippen LogP contribution < -0.4 is 9.62 Å². The minimum Gasteiger partial charge on any atom is -0.339 e. The number of sulfonamides is 1. The maximum absolute atomic E-state index is 13.3. The lowest BCUT2D eigenvalue weighted by Crippen LogP contribution is -2.47. The van der Waals surface area contributed by atoms with E-state index >= 15 is 0 Å². The smallest absolute Gasteiger partial charge is 0.255 e. The second-order valence-corrected chi connectivity index (χ2v) is 10.5. The van der Waals surface area contributed by atoms with Crippen LogP contribution in [0.5, 0.6) is 0 Å². The zero-order chi connectivity index (χ0) is 24.0. The highest BCUT2D eigenvalue weighted by Crippen LogP contribution is 2.26. The molecule has 9 heteroatoms. The highest BCUT2D eigenvalue weighted by molar-refractivity contribution is 7.92. The van der Waals surface area contributed by atoms with Gasteiger partial charge < -0.3 is 10.2 Å². The molecule has 2 aromatic carbocycles. The number of hydrogen-bond acceptors (Lipinski definition) is 4. The molecule has 0 spiro atoms. The normalized spacial score (nSPS) is 15.4. The average molecular weight is 492 g/mol. The van der Waals surface area contributed by atoms with Crippen molar-refractivity contribution >= 4 is 44.8 Å². The Labute approximate surface area is 200 Å². The largest absolute Gasteiger partial charge is 0.339 e. The Hall–Kier alpha value is -2.58. The van der Waals surface area contributed by atoms with Crippen molar-refractivity contribution in [2.75, 3.05) is 29.0 Å². The van der Waals surface area contributed by atoms with Crippen molar-refractivity contribution in [3.8, 4) is 0 Å². The minimum absolute atomic E-state index is 0.126. The van der Waals surface area contributed by atoms with Gasteiger partial charge >= 0.3 is 0 Å². The molecule has 1 N–H and O–H groups in total. The van der Waals surface area contributed by atoms with Crippen molar-refractivity contribution in [2.24, 2.45) is 0 Å². The van der Waals surface area contributed by atoms with Gasteiger partial charge in [0.2, 0.25) is 15.9 Å². The Bertz CT molecular complexity index is 1080. The first-order chi connectivity index (χ1) is 15.7. The topological polar surface area (TPSA) is 86.8 Å². The van der Waals surface area contributed by atoms with Gasteiger partial charge in [0.05, 0.1) is 23.2 Å². The minimum atomic E-state index is -3.77. The van der Waals surface area contributed by atoms with Gasteiger partial charge in [-0.05, 0) is 55.7 Å². The van der Waals surface area contributed by atoms with Gasteiger partial charge in [0, 0.05) is 18.1 Å². The molecule has 0 radical (unpaired) electrons. The van der Waals surface area contributed by atoms with Crippen LogP contribution >= 0.6 is 11.6 Å². The number of rotatable bonds is 7. The number of likely N-dealkylation sites (tertiary alicyclic amines) is 1. The van der Waals surface area contributed by atoms with Crippen LogP contribution in [0.1, 0.15) is 49.4 Å². The van der Waals surface area contributed by atoms with Gasteiger partial charge in [-0.25, -0.2) is 8.42 Å². The number of hydrogen-bond donors (Lipinski definition) is 1. The van der Waals surface area contributed by atoms with Crippen LogP contribution in [0.25, 0.3) is 0 Å². The summed E-state index contributed by atoms with van der Waals surface area (Å²) in [6.07, 6.45) is 5.43. The summed E-state index contributed by atoms with van der Waals surface area (Å²) in [5.41, 5.74) is 1.12. The third-order valence-electron chi connectivity index (χ3n) is 5.72. The maximum Gasteiger partial charge on any atom is 0.255 e. The Kier molecular flexibility index (Phi) is 8.37. The first-order valence-electron chi connectivity index (χ1n) is 11.2. The molecule has 1 aliphatic heterocycles. The second kappa shape index (κ2) is 11.0. The fraction of sp³-hybridized carbons (Fsp3) is 0.417. The van der Waals surface area contributed by atoms with E-state index in [1.807, 2.05) is 4.90 Å². The average Bonchev–Trinajstić information content (AvgIpc) is 3.07. The fourth-order valence-electron chi connectivity index (χ4n) is 4.09. The standard InChI is InChI=1S/C24H30ClN3O4S/c1-3-22(28(33(2,31)32)19-14-12-18(25)13-15-19)23(29)26-21-11-7-6-10-20(21)24(30)27-16-8-4-5-9-17-27/h6-7,10-15,22H,3-5,8-9,16-17H2,1-2H3,(H,26,29)/t22-/m0/s1. The third kappa shape index (κ3) is 6.26. The Morgan fingerprint density at radius 2 is 1.64 bits per heavy atom. The number of anilines is 2. The Balaban J connectivity index is 1.88. The molecule has 1 heterocycles. The quantitative estimate of drug-likeness (QED) is 0.616. The van der Waals surface area contributed by atoms with Gasteiger partial charge in [0.1, 0.15) is 6.04 Å². The molecule has 7 nitrogen and oxygen atoms in total. The van der Waals surface area contributed by atoms with E-state index in [1.54, 1.807) is 55.5 Å². The lowest BCUT2D eigenvalue weighted by molar-refractivity contribution is -0.117. The molecule has 178 valence electrons. The summed E-state index contributed by atoms with van der Waals surface area (Å²) in [5.74, 6) is -0.632. The molecule has 0 unspecified atom stereocenters. The number of para-hydroxylation sites is 1. The summed E-state index contributed by atoms with van der Waals surface area (Å²) < 4.78 is 26.4. The molecule has 33 heavy (non-hydrogen) atoms. The van der Waals surface area contributed by atoms with E-state index in [9.17, 15) is 18.0 Å². The fourth-order valence-corrected chi connectivity index (χ4v) is 5.42. The molecule has 0 aliphatic carbocycles. The SMILES string of the molecule is CC[C@@H](C(=O)Nc1ccccc1C(=O)N1CCCCCC1)N(c1ccc(Cl)cc1)S(C)(=O)=O. The van der Waals surface area contributed by atoms with Crippen LogP contribution in [-0.4, -0.2) is 50.5 Å². The number of amides is 2. The molecular weight excluding hydrogens is 462 g/mol. The van der Waals surface area contributed by atoms with Crippen LogP contribution in [0.15, 0.2) is 48.5 Å². The van der Waals surface area contributed by atoms with E-state index in [-0.39, 0.29) is 12.3 Å². The third-order valence-corrected chi connectivity index (χ3v) is 7.15. The zero-order valence-corrected chi connectivity index (χ0v) is 20.5. The van der Waals surface area contributed by atoms with Crippen molar-refractivity contribution in [2.45, 2.75) is 45.1 Å². The predicted octanol–water partition coefficient (Wildman–Crippen LogP) is 4.54. The van der Waals surface area contributed by atoms with Crippen LogP contribution in [0.3, 0.4) is 0 Å². The van der Waals surface area contributed by atoms with E-state index in [0.29, 0.717) is 35.1 Å². The molecule has 1 fully saturated rings. The molecule has 2 amide bonds. The van der Waals surface area contributed by atoms with Gasteiger partial charge in [0.25, 0.3) is 5.91 Å². The van der Waals surface area contributed by atoms with Crippen molar-refractivity contribution in [1.82, 2.24) is 4.90 Å². The number of nitrogens with zero attached hydrogens (tertiary/aromatic N) is 2. The lowest BCUT2D eigenvalue weighted by Gasteiger charge is -2.30. The van der Waals surface area contributed by atoms with Crippen molar-refractivity contribution in [3.63, 3.8) is 0 Å². The molecule has 0 bridgehead atoms. The monoisotopic (exact) mass is 491 g/mol. The van der Waals surface area contributed by atoms with E-state index in [4.69, 9.17) is 11.6 Å². The Morgan fingerprint density at radius 3 is 2.21 bits per heavy atom. The number of halogens is 1. The van der Waals surface area contributed by atoms with Crippen molar-refractivity contribution in [1.29, 1.82) is 0 Å². The van der Waals surface area contributed by atoms with Crippen LogP contribution in [0.4, 0.5) is 11.4 Å². The Morgan fingerprint density at radius 1 is 1.03 bits per heavy atom. The van der Waals surface area contributed by atoms with Crippen LogP contribution in [0, 0.1) is 0 Å². The van der Waals surface area contributed by atoms with Gasteiger partial charge in [-0.1, -0.05) is 43.5 Å². The summed E-state index contributed by atoms with van der Waals surface area (Å²) in [7, 11) is -3.77. The number of benzene rings is 2. The molecule has 0 saturated carbocycles. The van der Waals surface area contributed by atoms with Crippen molar-refractivity contribution in [3.05, 3.63) is 59.1 Å². The van der Waals surface area contributed by atoms with E-state index in [2.05, 4.69) is 5.32 Å². The molecule has 3 rings (SSSR count). The van der Waals surface area contributed by atoms with Gasteiger partial charge in [-0.3, -0.25) is 13.9 Å². The molecule has 2 aromatic rings. The summed E-state index contributed by atoms with van der Waals surface area (Å²) in [5, 5.41) is 3.28. The molecule has 1 atom stereocenters. The highest BCUT2D eigenvalue weighted by Gasteiger charge is 2.32. The summed E-state index contributed by atoms with van der Waals surface area (Å²) in [4.78, 5) is 28.3. The number of nitrogens with one attached hydrogen (secondary N) is 1. The zero-order valence-electron chi connectivity index (χ0n) is 19.0. The first kappa shape index (κ1) is 25.1. The summed E-state index contributed by atoms with van der Waals surface area (Å²) in [6, 6.07) is 12.1. The first-order valence-corrected chi connectivity index (χ1v) is 13.4. The highest BCUT2D eigenvalue weighted by atomic mass is 35.5. The van der Waals surface area contributed by atoms with Gasteiger partial charge in [0.15, 0.2) is 0 Å². The number of carbonyl (C=O) groups is 2. The van der Waals surface area contributed by atoms with Crippen molar-refractivity contribution < 1.29 is 18.0 Å². The van der Waals surface area contributed by atoms with Gasteiger partial charge in [-0.15, -0.1) is 0 Å². The number of carbonyl (C=O) groups excluding carboxylic acids is 2. The van der Waals surface area contributed by atoms with Crippen LogP contribution in [-0.2, 0) is 14.8 Å². The summed E-state index contributed by atoms with van der Waals surface area (Å²) >= 11 is 5.95. The van der Waals surface area contributed by atoms with E-state index in [1.165, 1.54) is 0 Å². The molecule has 1 aliphatic rings. The summed E-state index contributed by atoms with van der Waals surface area (Å²) in [6.45, 7) is 3.13. The van der Waals surface area contributed by atoms with E-state index < -0.39 is 22.0 Å². The molecule has 0 aromatic heterocycles. The maximum atomic E-state index is 13.3. The molecule has 1 saturated heterocycles. The lowest BCUT2D eigenvalue weighted by atomic mass is 10.1. The van der Waals surface area contributed by atoms with Gasteiger partial charge in [-0.2, -0.15) is 0 Å². The predicted molar refractivity (Wildman–Crippen MR) is 132 cm³/mol. The van der Waals surface area contributed by atoms with E-state index in [0.717, 1.165) is 36.2 Å².